The number of nitrogens with one attached hydrogen (secondary N) is 2. The zero-order valence-corrected chi connectivity index (χ0v) is 17.1. The van der Waals surface area contributed by atoms with E-state index in [0.717, 1.165) is 16.1 Å². The van der Waals surface area contributed by atoms with Crippen LogP contribution in [0.4, 0.5) is 15.8 Å². The number of rotatable bonds is 4. The molecule has 3 amide bonds. The average Bonchev–Trinajstić information content (AvgIpc) is 3.21. The Bertz CT molecular complexity index is 1390. The van der Waals surface area contributed by atoms with Gasteiger partial charge in [0.25, 0.3) is 11.8 Å². The number of aromatic amines is 1. The summed E-state index contributed by atoms with van der Waals surface area (Å²) in [4.78, 5) is 42.4. The summed E-state index contributed by atoms with van der Waals surface area (Å²) in [6.07, 6.45) is 0.0481. The van der Waals surface area contributed by atoms with Crippen molar-refractivity contribution >= 4 is 40.0 Å². The molecule has 2 N–H and O–H groups in total. The second-order valence-electron chi connectivity index (χ2n) is 7.69. The third-order valence-corrected chi connectivity index (χ3v) is 5.60. The first kappa shape index (κ1) is 19.7. The van der Waals surface area contributed by atoms with Gasteiger partial charge in [-0.1, -0.05) is 18.2 Å². The molecule has 1 aliphatic heterocycles. The molecule has 0 saturated heterocycles. The van der Waals surface area contributed by atoms with Crippen LogP contribution in [0.3, 0.4) is 0 Å². The standard InChI is InChI=1S/C25H18FN3O3/c1-14-20(21-11-15(26)9-10-22(21)27-14)13-23(30)28-16-5-4-6-17(12-16)29-24(31)18-7-2-3-8-19(18)25(29)32/h2-12,27H,13H2,1H3,(H,28,30). The third kappa shape index (κ3) is 3.24. The SMILES string of the molecule is Cc1[nH]c2ccc(F)cc2c1CC(=O)Nc1cccc(N2C(=O)c3ccccc3C2=O)c1. The quantitative estimate of drug-likeness (QED) is 0.467. The Hall–Kier alpha value is -4.26. The Morgan fingerprint density at radius 2 is 1.69 bits per heavy atom. The Kier molecular flexibility index (Phi) is 4.59. The van der Waals surface area contributed by atoms with Gasteiger partial charge in [0.1, 0.15) is 5.82 Å². The van der Waals surface area contributed by atoms with E-state index in [2.05, 4.69) is 10.3 Å². The first-order valence-corrected chi connectivity index (χ1v) is 10.1. The highest BCUT2D eigenvalue weighted by atomic mass is 19.1. The molecule has 158 valence electrons. The second kappa shape index (κ2) is 7.46. The number of anilines is 2. The van der Waals surface area contributed by atoms with Gasteiger partial charge in [-0.2, -0.15) is 0 Å². The van der Waals surface area contributed by atoms with Crippen molar-refractivity contribution in [1.82, 2.24) is 4.98 Å². The summed E-state index contributed by atoms with van der Waals surface area (Å²) in [6.45, 7) is 1.84. The molecule has 0 atom stereocenters. The smallest absolute Gasteiger partial charge is 0.266 e. The molecule has 1 aliphatic rings. The number of imide groups is 1. The summed E-state index contributed by atoms with van der Waals surface area (Å²) in [5.74, 6) is -1.46. The van der Waals surface area contributed by atoms with Crippen LogP contribution in [0.2, 0.25) is 0 Å². The Labute approximate surface area is 182 Å². The van der Waals surface area contributed by atoms with E-state index in [0.29, 0.717) is 33.5 Å². The second-order valence-corrected chi connectivity index (χ2v) is 7.69. The highest BCUT2D eigenvalue weighted by molar-refractivity contribution is 6.34. The monoisotopic (exact) mass is 427 g/mol. The normalized spacial score (nSPS) is 13.0. The van der Waals surface area contributed by atoms with Gasteiger partial charge in [0, 0.05) is 22.3 Å². The summed E-state index contributed by atoms with van der Waals surface area (Å²) < 4.78 is 13.7. The molecule has 6 nitrogen and oxygen atoms in total. The molecule has 0 saturated carbocycles. The number of carbonyl (C=O) groups excluding carboxylic acids is 3. The van der Waals surface area contributed by atoms with Crippen molar-refractivity contribution in [2.45, 2.75) is 13.3 Å². The van der Waals surface area contributed by atoms with E-state index >= 15 is 0 Å². The van der Waals surface area contributed by atoms with E-state index in [9.17, 15) is 18.8 Å². The highest BCUT2D eigenvalue weighted by Crippen LogP contribution is 2.30. The van der Waals surface area contributed by atoms with Gasteiger partial charge in [-0.25, -0.2) is 9.29 Å². The third-order valence-electron chi connectivity index (χ3n) is 5.60. The van der Waals surface area contributed by atoms with E-state index in [4.69, 9.17) is 0 Å². The van der Waals surface area contributed by atoms with Gasteiger partial charge in [-0.3, -0.25) is 14.4 Å². The minimum Gasteiger partial charge on any atom is -0.358 e. The number of hydrogen-bond donors (Lipinski definition) is 2. The summed E-state index contributed by atoms with van der Waals surface area (Å²) in [7, 11) is 0. The first-order chi connectivity index (χ1) is 15.4. The summed E-state index contributed by atoms with van der Waals surface area (Å²) in [6, 6.07) is 17.7. The number of benzene rings is 3. The minimum atomic E-state index is -0.398. The summed E-state index contributed by atoms with van der Waals surface area (Å²) in [5.41, 5.74) is 3.81. The number of carbonyl (C=O) groups is 3. The lowest BCUT2D eigenvalue weighted by atomic mass is 10.1. The summed E-state index contributed by atoms with van der Waals surface area (Å²) >= 11 is 0. The Morgan fingerprint density at radius 1 is 0.969 bits per heavy atom. The maximum absolute atomic E-state index is 13.7. The molecule has 2 heterocycles. The van der Waals surface area contributed by atoms with Gasteiger partial charge in [0.15, 0.2) is 0 Å². The van der Waals surface area contributed by atoms with Crippen molar-refractivity contribution in [2.75, 3.05) is 10.2 Å². The Balaban J connectivity index is 1.38. The number of amides is 3. The molecule has 3 aromatic carbocycles. The predicted octanol–water partition coefficient (Wildman–Crippen LogP) is 4.60. The zero-order valence-electron chi connectivity index (χ0n) is 17.1. The van der Waals surface area contributed by atoms with Crippen molar-refractivity contribution in [1.29, 1.82) is 0 Å². The molecule has 32 heavy (non-hydrogen) atoms. The van der Waals surface area contributed by atoms with Gasteiger partial charge in [0.2, 0.25) is 5.91 Å². The first-order valence-electron chi connectivity index (χ1n) is 10.1. The fraction of sp³-hybridized carbons (Fsp3) is 0.0800. The van der Waals surface area contributed by atoms with Crippen LogP contribution in [0.15, 0.2) is 66.7 Å². The number of H-pyrrole nitrogens is 1. The number of nitrogens with zero attached hydrogens (tertiary/aromatic N) is 1. The molecular weight excluding hydrogens is 409 g/mol. The van der Waals surface area contributed by atoms with Gasteiger partial charge in [-0.05, 0) is 61.0 Å². The topological polar surface area (TPSA) is 82.3 Å². The van der Waals surface area contributed by atoms with E-state index in [1.54, 1.807) is 54.6 Å². The number of fused-ring (bicyclic) bond motifs is 2. The summed E-state index contributed by atoms with van der Waals surface area (Å²) in [5, 5.41) is 3.47. The number of aromatic nitrogens is 1. The lowest BCUT2D eigenvalue weighted by Crippen LogP contribution is -2.29. The fourth-order valence-corrected chi connectivity index (χ4v) is 4.09. The highest BCUT2D eigenvalue weighted by Gasteiger charge is 2.36. The van der Waals surface area contributed by atoms with Crippen molar-refractivity contribution < 1.29 is 18.8 Å². The van der Waals surface area contributed by atoms with Crippen LogP contribution < -0.4 is 10.2 Å². The van der Waals surface area contributed by atoms with Crippen LogP contribution in [0.25, 0.3) is 10.9 Å². The minimum absolute atomic E-state index is 0.0481. The molecule has 0 spiro atoms. The molecule has 7 heteroatoms. The molecule has 1 aromatic heterocycles. The average molecular weight is 427 g/mol. The molecular formula is C25H18FN3O3. The van der Waals surface area contributed by atoms with Crippen LogP contribution in [0, 0.1) is 12.7 Å². The molecule has 0 fully saturated rings. The van der Waals surface area contributed by atoms with Crippen molar-refractivity contribution in [3.05, 3.63) is 94.9 Å². The number of halogens is 1. The Morgan fingerprint density at radius 3 is 2.41 bits per heavy atom. The molecule has 0 aliphatic carbocycles. The van der Waals surface area contributed by atoms with Crippen molar-refractivity contribution in [3.63, 3.8) is 0 Å². The van der Waals surface area contributed by atoms with Gasteiger partial charge >= 0.3 is 0 Å². The maximum Gasteiger partial charge on any atom is 0.266 e. The molecule has 0 unspecified atom stereocenters. The largest absolute Gasteiger partial charge is 0.358 e. The predicted molar refractivity (Wildman–Crippen MR) is 119 cm³/mol. The van der Waals surface area contributed by atoms with E-state index < -0.39 is 11.8 Å². The van der Waals surface area contributed by atoms with Crippen LogP contribution in [-0.2, 0) is 11.2 Å². The number of aryl methyl sites for hydroxylation is 1. The van der Waals surface area contributed by atoms with Crippen molar-refractivity contribution in [3.8, 4) is 0 Å². The van der Waals surface area contributed by atoms with E-state index in [1.165, 1.54) is 12.1 Å². The van der Waals surface area contributed by atoms with Gasteiger partial charge in [-0.15, -0.1) is 0 Å². The van der Waals surface area contributed by atoms with E-state index in [1.807, 2.05) is 6.92 Å². The fourth-order valence-electron chi connectivity index (χ4n) is 4.09. The van der Waals surface area contributed by atoms with Gasteiger partial charge in [0.05, 0.1) is 23.2 Å². The van der Waals surface area contributed by atoms with Gasteiger partial charge < -0.3 is 10.3 Å². The van der Waals surface area contributed by atoms with Crippen LogP contribution >= 0.6 is 0 Å². The lowest BCUT2D eigenvalue weighted by molar-refractivity contribution is -0.115. The molecule has 0 radical (unpaired) electrons. The maximum atomic E-state index is 13.7. The zero-order chi connectivity index (χ0) is 22.4. The van der Waals surface area contributed by atoms with Crippen LogP contribution in [-0.4, -0.2) is 22.7 Å². The molecule has 4 aromatic rings. The van der Waals surface area contributed by atoms with Crippen molar-refractivity contribution in [2.24, 2.45) is 0 Å². The van der Waals surface area contributed by atoms with E-state index in [-0.39, 0.29) is 18.1 Å². The lowest BCUT2D eigenvalue weighted by Gasteiger charge is -2.15. The molecule has 0 bridgehead atoms. The van der Waals surface area contributed by atoms with Crippen LogP contribution in [0.5, 0.6) is 0 Å². The molecule has 5 rings (SSSR count). The van der Waals surface area contributed by atoms with Crippen LogP contribution in [0.1, 0.15) is 32.0 Å². The number of hydrogen-bond acceptors (Lipinski definition) is 3.